The minimum absolute atomic E-state index is 0.0477. The Hall–Kier alpha value is -2.44. The summed E-state index contributed by atoms with van der Waals surface area (Å²) in [6.45, 7) is 6.30. The van der Waals surface area contributed by atoms with Crippen LogP contribution in [0.4, 0.5) is 0 Å². The van der Waals surface area contributed by atoms with Gasteiger partial charge in [-0.15, -0.1) is 0 Å². The number of aliphatic hydroxyl groups is 2. The molecule has 0 radical (unpaired) electrons. The molecule has 1 amide bonds. The smallest absolute Gasteiger partial charge is 0.306 e. The Balaban J connectivity index is 4.68. The Morgan fingerprint density at radius 1 is 0.556 bits per heavy atom. The van der Waals surface area contributed by atoms with E-state index in [1.807, 2.05) is 6.08 Å². The molecule has 0 aliphatic carbocycles. The molecule has 0 aromatic rings. The predicted molar refractivity (Wildman–Crippen MR) is 232 cm³/mol. The van der Waals surface area contributed by atoms with Crippen molar-refractivity contribution in [3.8, 4) is 0 Å². The van der Waals surface area contributed by atoms with Crippen LogP contribution < -0.4 is 5.32 Å². The van der Waals surface area contributed by atoms with Crippen LogP contribution in [-0.4, -0.2) is 46.9 Å². The molecule has 0 rings (SSSR count). The Kier molecular flexibility index (Phi) is 39.8. The number of hydrogen-bond donors (Lipinski definition) is 3. The molecule has 6 nitrogen and oxygen atoms in total. The van der Waals surface area contributed by atoms with Gasteiger partial charge >= 0.3 is 5.97 Å². The molecule has 3 unspecified atom stereocenters. The molecule has 3 atom stereocenters. The van der Waals surface area contributed by atoms with Crippen molar-refractivity contribution >= 4 is 11.9 Å². The monoisotopic (exact) mass is 756 g/mol. The van der Waals surface area contributed by atoms with E-state index in [1.54, 1.807) is 0 Å². The first-order valence-electron chi connectivity index (χ1n) is 22.5. The highest BCUT2D eigenvalue weighted by atomic mass is 16.5. The van der Waals surface area contributed by atoms with E-state index in [-0.39, 0.29) is 31.3 Å². The molecule has 0 aliphatic heterocycles. The third-order valence-corrected chi connectivity index (χ3v) is 9.87. The second-order valence-electron chi connectivity index (χ2n) is 15.1. The minimum atomic E-state index is -0.796. The molecule has 3 N–H and O–H groups in total. The molecule has 0 fully saturated rings. The highest BCUT2D eigenvalue weighted by molar-refractivity contribution is 5.77. The molecular formula is C48H85NO5. The molecule has 0 aromatic heterocycles. The standard InChI is InChI=1S/C48H85NO5/c1-4-7-10-13-16-19-21-22-23-24-25-26-29-32-35-38-41-48(53)54-44(39-36-33-30-28-20-17-14-11-8-5-2)42-47(52)49-45(43-50)46(51)40-37-34-31-27-18-15-12-9-6-3/h7,10,16,19,22-23,25-26,32,35,44-46,50-51H,4-6,8-9,11-15,17-18,20-21,24,27-31,33-34,36-43H2,1-3H3,(H,49,52)/b10-7+,19-16+,23-22+,26-25+,35-32+. The second-order valence-corrected chi connectivity index (χ2v) is 15.1. The number of nitrogens with one attached hydrogen (secondary N) is 1. The zero-order valence-corrected chi connectivity index (χ0v) is 35.3. The fourth-order valence-electron chi connectivity index (χ4n) is 6.48. The van der Waals surface area contributed by atoms with Crippen molar-refractivity contribution in [2.45, 2.75) is 225 Å². The molecule has 6 heteroatoms. The summed E-state index contributed by atoms with van der Waals surface area (Å²) in [5, 5.41) is 23.5. The van der Waals surface area contributed by atoms with Crippen LogP contribution in [-0.2, 0) is 14.3 Å². The lowest BCUT2D eigenvalue weighted by Crippen LogP contribution is -2.46. The van der Waals surface area contributed by atoms with Gasteiger partial charge in [0.1, 0.15) is 6.10 Å². The summed E-state index contributed by atoms with van der Waals surface area (Å²) < 4.78 is 5.85. The highest BCUT2D eigenvalue weighted by Gasteiger charge is 2.24. The maximum absolute atomic E-state index is 13.1. The molecule has 0 aliphatic rings. The molecule has 54 heavy (non-hydrogen) atoms. The summed E-state index contributed by atoms with van der Waals surface area (Å²) >= 11 is 0. The topological polar surface area (TPSA) is 95.9 Å². The third kappa shape index (κ3) is 36.5. The van der Waals surface area contributed by atoms with E-state index in [0.29, 0.717) is 19.3 Å². The Morgan fingerprint density at radius 2 is 0.963 bits per heavy atom. The average molecular weight is 756 g/mol. The van der Waals surface area contributed by atoms with E-state index in [9.17, 15) is 19.8 Å². The van der Waals surface area contributed by atoms with E-state index >= 15 is 0 Å². The van der Waals surface area contributed by atoms with Gasteiger partial charge in [0.25, 0.3) is 0 Å². The Bertz CT molecular complexity index is 984. The number of carbonyl (C=O) groups excluding carboxylic acids is 2. The van der Waals surface area contributed by atoms with Crippen molar-refractivity contribution < 1.29 is 24.5 Å². The third-order valence-electron chi connectivity index (χ3n) is 9.87. The van der Waals surface area contributed by atoms with Crippen LogP contribution >= 0.6 is 0 Å². The summed E-state index contributed by atoms with van der Waals surface area (Å²) in [4.78, 5) is 25.9. The lowest BCUT2D eigenvalue weighted by Gasteiger charge is -2.24. The second kappa shape index (κ2) is 41.7. The summed E-state index contributed by atoms with van der Waals surface area (Å²) in [6, 6.07) is -0.712. The summed E-state index contributed by atoms with van der Waals surface area (Å²) in [5.41, 5.74) is 0. The molecule has 0 spiro atoms. The summed E-state index contributed by atoms with van der Waals surface area (Å²) in [6.07, 6.45) is 50.0. The molecular weight excluding hydrogens is 671 g/mol. The maximum atomic E-state index is 13.1. The lowest BCUT2D eigenvalue weighted by molar-refractivity contribution is -0.150. The quantitative estimate of drug-likeness (QED) is 0.0330. The summed E-state index contributed by atoms with van der Waals surface area (Å²) in [7, 11) is 0. The molecule has 0 heterocycles. The fourth-order valence-corrected chi connectivity index (χ4v) is 6.48. The fraction of sp³-hybridized carbons (Fsp3) is 0.750. The number of hydrogen-bond acceptors (Lipinski definition) is 5. The Labute approximate surface area is 333 Å². The SMILES string of the molecule is CC/C=C/C/C=C/C/C=C/C/C=C/C/C=C/CCC(=O)OC(CCCCCCCCCCCC)CC(=O)NC(CO)C(O)CCCCCCCCCCC. The van der Waals surface area contributed by atoms with Gasteiger partial charge in [-0.1, -0.05) is 197 Å². The molecule has 0 bridgehead atoms. The summed E-state index contributed by atoms with van der Waals surface area (Å²) in [5.74, 6) is -0.576. The first-order chi connectivity index (χ1) is 26.5. The van der Waals surface area contributed by atoms with E-state index in [1.165, 1.54) is 83.5 Å². The van der Waals surface area contributed by atoms with Crippen LogP contribution in [0.3, 0.4) is 0 Å². The van der Waals surface area contributed by atoms with Crippen LogP contribution in [0.2, 0.25) is 0 Å². The molecule has 0 saturated heterocycles. The first-order valence-corrected chi connectivity index (χ1v) is 22.5. The van der Waals surface area contributed by atoms with Gasteiger partial charge in [0.15, 0.2) is 0 Å². The largest absolute Gasteiger partial charge is 0.462 e. The van der Waals surface area contributed by atoms with E-state index < -0.39 is 18.2 Å². The molecule has 0 aromatic carbocycles. The van der Waals surface area contributed by atoms with Crippen molar-refractivity contribution in [1.29, 1.82) is 0 Å². The van der Waals surface area contributed by atoms with Gasteiger partial charge in [0.05, 0.1) is 25.2 Å². The van der Waals surface area contributed by atoms with E-state index in [4.69, 9.17) is 4.74 Å². The van der Waals surface area contributed by atoms with E-state index in [2.05, 4.69) is 80.8 Å². The Morgan fingerprint density at radius 3 is 1.41 bits per heavy atom. The van der Waals surface area contributed by atoms with Crippen LogP contribution in [0.25, 0.3) is 0 Å². The molecule has 0 saturated carbocycles. The van der Waals surface area contributed by atoms with Gasteiger partial charge in [0, 0.05) is 6.42 Å². The van der Waals surface area contributed by atoms with Gasteiger partial charge in [-0.3, -0.25) is 9.59 Å². The predicted octanol–water partition coefficient (Wildman–Crippen LogP) is 12.9. The van der Waals surface area contributed by atoms with E-state index in [0.717, 1.165) is 70.6 Å². The van der Waals surface area contributed by atoms with Gasteiger partial charge in [0.2, 0.25) is 5.91 Å². The van der Waals surface area contributed by atoms with Crippen LogP contribution in [0.5, 0.6) is 0 Å². The number of esters is 1. The zero-order chi connectivity index (χ0) is 39.6. The lowest BCUT2D eigenvalue weighted by atomic mass is 10.0. The zero-order valence-electron chi connectivity index (χ0n) is 35.3. The first kappa shape index (κ1) is 51.6. The van der Waals surface area contributed by atoms with Gasteiger partial charge in [-0.25, -0.2) is 0 Å². The van der Waals surface area contributed by atoms with Crippen LogP contribution in [0.1, 0.15) is 207 Å². The number of carbonyl (C=O) groups is 2. The molecule has 312 valence electrons. The normalized spacial score (nSPS) is 13.9. The van der Waals surface area contributed by atoms with Crippen LogP contribution in [0.15, 0.2) is 60.8 Å². The minimum Gasteiger partial charge on any atom is -0.462 e. The highest BCUT2D eigenvalue weighted by Crippen LogP contribution is 2.17. The van der Waals surface area contributed by atoms with Crippen molar-refractivity contribution in [3.63, 3.8) is 0 Å². The number of rotatable bonds is 39. The number of allylic oxidation sites excluding steroid dienone is 10. The van der Waals surface area contributed by atoms with Gasteiger partial charge < -0.3 is 20.3 Å². The van der Waals surface area contributed by atoms with Crippen molar-refractivity contribution in [3.05, 3.63) is 60.8 Å². The maximum Gasteiger partial charge on any atom is 0.306 e. The van der Waals surface area contributed by atoms with Crippen molar-refractivity contribution in [2.75, 3.05) is 6.61 Å². The average Bonchev–Trinajstić information content (AvgIpc) is 3.16. The van der Waals surface area contributed by atoms with Crippen molar-refractivity contribution in [1.82, 2.24) is 5.32 Å². The number of ether oxygens (including phenoxy) is 1. The number of unbranched alkanes of at least 4 members (excludes halogenated alkanes) is 17. The van der Waals surface area contributed by atoms with Crippen molar-refractivity contribution in [2.24, 2.45) is 0 Å². The van der Waals surface area contributed by atoms with Crippen LogP contribution in [0, 0.1) is 0 Å². The number of amides is 1. The van der Waals surface area contributed by atoms with Gasteiger partial charge in [-0.2, -0.15) is 0 Å². The van der Waals surface area contributed by atoms with Gasteiger partial charge in [-0.05, 0) is 57.8 Å². The number of aliphatic hydroxyl groups excluding tert-OH is 2.